The second-order valence-electron chi connectivity index (χ2n) is 16.0. The van der Waals surface area contributed by atoms with Gasteiger partial charge in [0.1, 0.15) is 17.1 Å². The minimum absolute atomic E-state index is 0.00537. The Morgan fingerprint density at radius 1 is 0.914 bits per heavy atom. The number of phenolic OH excluding ortho intramolecular Hbond substituents is 2. The summed E-state index contributed by atoms with van der Waals surface area (Å²) in [5.74, 6) is 1.43. The van der Waals surface area contributed by atoms with Gasteiger partial charge in [0.15, 0.2) is 5.82 Å². The molecular formula is C44H49N9O5. The number of H-pyrrole nitrogens is 3. The van der Waals surface area contributed by atoms with E-state index in [1.165, 1.54) is 16.2 Å². The lowest BCUT2D eigenvalue weighted by molar-refractivity contribution is 0.0652. The Labute approximate surface area is 335 Å². The van der Waals surface area contributed by atoms with Crippen molar-refractivity contribution >= 4 is 35.0 Å². The van der Waals surface area contributed by atoms with E-state index < -0.39 is 5.69 Å². The molecule has 3 aromatic heterocycles. The highest BCUT2D eigenvalue weighted by molar-refractivity contribution is 5.95. The summed E-state index contributed by atoms with van der Waals surface area (Å²) in [6, 6.07) is 18.5. The van der Waals surface area contributed by atoms with Gasteiger partial charge in [-0.1, -0.05) is 50.3 Å². The van der Waals surface area contributed by atoms with E-state index in [1.54, 1.807) is 12.3 Å². The average Bonchev–Trinajstić information content (AvgIpc) is 3.81. The number of likely N-dealkylation sites (tertiary alicyclic amines) is 2. The molecule has 3 aromatic carbocycles. The quantitative estimate of drug-likeness (QED) is 0.0980. The van der Waals surface area contributed by atoms with Gasteiger partial charge in [0, 0.05) is 43.0 Å². The van der Waals surface area contributed by atoms with Gasteiger partial charge in [0.2, 0.25) is 5.95 Å². The van der Waals surface area contributed by atoms with Crippen molar-refractivity contribution in [2.45, 2.75) is 51.9 Å². The van der Waals surface area contributed by atoms with Crippen LogP contribution in [0, 0.1) is 11.8 Å². The van der Waals surface area contributed by atoms with E-state index in [2.05, 4.69) is 42.2 Å². The number of piperidine rings is 2. The molecule has 0 spiro atoms. The molecule has 0 atom stereocenters. The van der Waals surface area contributed by atoms with E-state index >= 15 is 0 Å². The Morgan fingerprint density at radius 3 is 2.33 bits per heavy atom. The summed E-state index contributed by atoms with van der Waals surface area (Å²) in [7, 11) is 0. The molecule has 58 heavy (non-hydrogen) atoms. The fraction of sp³-hybridized carbons (Fsp3) is 0.341. The van der Waals surface area contributed by atoms with E-state index in [0.717, 1.165) is 70.4 Å². The van der Waals surface area contributed by atoms with Crippen LogP contribution in [0.15, 0.2) is 76.4 Å². The van der Waals surface area contributed by atoms with Crippen LogP contribution in [0.1, 0.15) is 78.1 Å². The second kappa shape index (κ2) is 16.2. The number of hydrogen-bond donors (Lipinski definition) is 6. The highest BCUT2D eigenvalue weighted by Crippen LogP contribution is 2.37. The molecule has 0 saturated carbocycles. The Bertz CT molecular complexity index is 2570. The average molecular weight is 784 g/mol. The number of fused-ring (bicyclic) bond motifs is 1. The van der Waals surface area contributed by atoms with Crippen molar-refractivity contribution in [1.29, 1.82) is 0 Å². The molecule has 1 amide bonds. The number of anilines is 1. The lowest BCUT2D eigenvalue weighted by Gasteiger charge is -2.37. The van der Waals surface area contributed by atoms with Gasteiger partial charge in [0.05, 0.1) is 16.6 Å². The summed E-state index contributed by atoms with van der Waals surface area (Å²) < 4.78 is 1.45. The summed E-state index contributed by atoms with van der Waals surface area (Å²) >= 11 is 0. The molecule has 14 heteroatoms. The third-order valence-electron chi connectivity index (χ3n) is 11.7. The predicted octanol–water partition coefficient (Wildman–Crippen LogP) is 5.89. The van der Waals surface area contributed by atoms with Crippen molar-refractivity contribution in [3.8, 4) is 28.6 Å². The van der Waals surface area contributed by atoms with Gasteiger partial charge in [-0.05, 0) is 110 Å². The molecule has 8 rings (SSSR count). The predicted molar refractivity (Wildman–Crippen MR) is 225 cm³/mol. The number of hydrogen-bond acceptors (Lipinski definition) is 9. The fourth-order valence-electron chi connectivity index (χ4n) is 8.44. The molecule has 300 valence electrons. The van der Waals surface area contributed by atoms with Crippen LogP contribution in [-0.2, 0) is 6.42 Å². The van der Waals surface area contributed by atoms with Gasteiger partial charge < -0.3 is 30.7 Å². The van der Waals surface area contributed by atoms with Crippen LogP contribution in [0.5, 0.6) is 11.5 Å². The van der Waals surface area contributed by atoms with E-state index in [-0.39, 0.29) is 40.7 Å². The highest BCUT2D eigenvalue weighted by Gasteiger charge is 2.27. The number of nitrogens with one attached hydrogen (secondary N) is 3. The highest BCUT2D eigenvalue weighted by atomic mass is 16.3. The first-order valence-corrected chi connectivity index (χ1v) is 20.0. The monoisotopic (exact) mass is 783 g/mol. The van der Waals surface area contributed by atoms with E-state index in [4.69, 9.17) is 5.73 Å². The van der Waals surface area contributed by atoms with Crippen molar-refractivity contribution in [2.75, 3.05) is 38.5 Å². The minimum atomic E-state index is -0.407. The van der Waals surface area contributed by atoms with E-state index in [0.29, 0.717) is 50.8 Å². The Morgan fingerprint density at radius 2 is 1.62 bits per heavy atom. The van der Waals surface area contributed by atoms with Crippen molar-refractivity contribution in [3.05, 3.63) is 116 Å². The standard InChI is InChI=1S/C44H49N9O5/c1-26(2)34-22-35(37(55)23-36(34)54)40-49-50-44(58)53(40)33-11-6-28(7-12-33)21-29-13-17-51(18-14-29)25-30-15-19-52(20-16-30)42(57)31-8-3-27(4-9-31)5-10-32-24-46-39-38(32)41(56)48-43(45)47-39/h3-12,22-24,26,29-30,54-55H,13-21,25H2,1-2H3,(H,50,58)(H4,45,46,47,48,56). The first-order chi connectivity index (χ1) is 28.0. The van der Waals surface area contributed by atoms with Crippen molar-refractivity contribution in [1.82, 2.24) is 39.5 Å². The second-order valence-corrected chi connectivity index (χ2v) is 16.0. The van der Waals surface area contributed by atoms with Gasteiger partial charge in [-0.15, -0.1) is 0 Å². The van der Waals surface area contributed by atoms with Crippen LogP contribution >= 0.6 is 0 Å². The van der Waals surface area contributed by atoms with Crippen LogP contribution in [0.25, 0.3) is 40.3 Å². The molecule has 2 aliphatic rings. The maximum Gasteiger partial charge on any atom is 0.348 e. The summed E-state index contributed by atoms with van der Waals surface area (Å²) in [6.45, 7) is 8.60. The molecule has 0 radical (unpaired) electrons. The number of nitrogens with zero attached hydrogens (tertiary/aromatic N) is 5. The lowest BCUT2D eigenvalue weighted by Crippen LogP contribution is -2.43. The van der Waals surface area contributed by atoms with Crippen molar-refractivity contribution in [3.63, 3.8) is 0 Å². The number of amides is 1. The maximum absolute atomic E-state index is 13.4. The normalized spacial score (nSPS) is 15.9. The summed E-state index contributed by atoms with van der Waals surface area (Å²) in [5, 5.41) is 28.1. The van der Waals surface area contributed by atoms with Crippen molar-refractivity contribution < 1.29 is 15.0 Å². The zero-order valence-electron chi connectivity index (χ0n) is 32.7. The molecule has 5 heterocycles. The lowest BCUT2D eigenvalue weighted by atomic mass is 9.89. The van der Waals surface area contributed by atoms with Crippen LogP contribution in [0.4, 0.5) is 5.95 Å². The van der Waals surface area contributed by atoms with Crippen LogP contribution in [-0.4, -0.2) is 88.4 Å². The van der Waals surface area contributed by atoms with E-state index in [9.17, 15) is 24.6 Å². The number of nitrogen functional groups attached to an aromatic ring is 1. The first kappa shape index (κ1) is 38.5. The van der Waals surface area contributed by atoms with Gasteiger partial charge in [-0.3, -0.25) is 14.6 Å². The topological polar surface area (TPSA) is 202 Å². The fourth-order valence-corrected chi connectivity index (χ4v) is 8.44. The van der Waals surface area contributed by atoms with Gasteiger partial charge in [-0.2, -0.15) is 10.1 Å². The SMILES string of the molecule is CC(C)c1cc(-c2n[nH]c(=O)n2-c2ccc(CC3CCN(CC4CCN(C(=O)c5ccc(C=Cc6c[nH]c7nc(N)[nH]c(=O)c67)cc5)CC4)CC3)cc2)c(O)cc1O. The number of aromatic hydroxyl groups is 2. The number of rotatable bonds is 10. The van der Waals surface area contributed by atoms with Gasteiger partial charge in [-0.25, -0.2) is 14.5 Å². The molecule has 2 saturated heterocycles. The number of carbonyl (C=O) groups excluding carboxylic acids is 1. The number of aromatic nitrogens is 6. The Hall–Kier alpha value is -6.41. The third kappa shape index (κ3) is 8.05. The molecule has 2 aliphatic heterocycles. The number of phenols is 2. The minimum Gasteiger partial charge on any atom is -0.508 e. The van der Waals surface area contributed by atoms with E-state index in [1.807, 2.05) is 67.3 Å². The van der Waals surface area contributed by atoms with Gasteiger partial charge >= 0.3 is 5.69 Å². The molecule has 6 aromatic rings. The third-order valence-corrected chi connectivity index (χ3v) is 11.7. The summed E-state index contributed by atoms with van der Waals surface area (Å²) in [4.78, 5) is 52.8. The summed E-state index contributed by atoms with van der Waals surface area (Å²) in [5.41, 5.74) is 10.6. The zero-order chi connectivity index (χ0) is 40.5. The molecule has 0 bridgehead atoms. The Balaban J connectivity index is 0.795. The number of benzene rings is 3. The number of nitrogens with two attached hydrogens (primary N) is 1. The largest absolute Gasteiger partial charge is 0.508 e. The first-order valence-electron chi connectivity index (χ1n) is 20.0. The molecule has 14 nitrogen and oxygen atoms in total. The molecule has 7 N–H and O–H groups in total. The van der Waals surface area contributed by atoms with Gasteiger partial charge in [0.25, 0.3) is 11.5 Å². The van der Waals surface area contributed by atoms with Crippen LogP contribution in [0.2, 0.25) is 0 Å². The maximum atomic E-state index is 13.4. The molecule has 0 unspecified atom stereocenters. The zero-order valence-corrected chi connectivity index (χ0v) is 32.7. The summed E-state index contributed by atoms with van der Waals surface area (Å²) in [6.07, 6.45) is 10.7. The molecule has 0 aliphatic carbocycles. The van der Waals surface area contributed by atoms with Crippen LogP contribution in [0.3, 0.4) is 0 Å². The molecule has 2 fully saturated rings. The number of aromatic amines is 3. The Kier molecular flexibility index (Phi) is 10.8. The van der Waals surface area contributed by atoms with Crippen LogP contribution < -0.4 is 17.0 Å². The number of carbonyl (C=O) groups is 1. The van der Waals surface area contributed by atoms with Crippen molar-refractivity contribution in [2.24, 2.45) is 11.8 Å². The molecular weight excluding hydrogens is 735 g/mol. The smallest absolute Gasteiger partial charge is 0.348 e.